The molecule has 0 aliphatic carbocycles. The first-order valence-electron chi connectivity index (χ1n) is 5.62. The monoisotopic (exact) mass is 310 g/mol. The van der Waals surface area contributed by atoms with Gasteiger partial charge in [0.2, 0.25) is 0 Å². The first-order chi connectivity index (χ1) is 9.04. The Kier molecular flexibility index (Phi) is 4.80. The van der Waals surface area contributed by atoms with E-state index < -0.39 is 44.3 Å². The summed E-state index contributed by atoms with van der Waals surface area (Å²) < 4.78 is 66.7. The third kappa shape index (κ3) is 4.22. The maximum Gasteiger partial charge on any atom is 0.417 e. The molecule has 0 heterocycles. The average Bonchev–Trinajstić information content (AvgIpc) is 2.25. The van der Waals surface area contributed by atoms with E-state index in [1.807, 2.05) is 0 Å². The highest BCUT2D eigenvalue weighted by molar-refractivity contribution is 7.92. The first-order valence-corrected chi connectivity index (χ1v) is 7.27. The van der Waals surface area contributed by atoms with Crippen molar-refractivity contribution in [3.63, 3.8) is 0 Å². The Balaban J connectivity index is 3.14. The molecular weight excluding hydrogens is 297 g/mol. The van der Waals surface area contributed by atoms with Crippen molar-refractivity contribution in [2.24, 2.45) is 0 Å². The molecule has 1 aromatic carbocycles. The van der Waals surface area contributed by atoms with Crippen molar-refractivity contribution in [2.75, 3.05) is 5.75 Å². The molecule has 4 nitrogen and oxygen atoms in total. The van der Waals surface area contributed by atoms with Gasteiger partial charge in [0.05, 0.1) is 16.6 Å². The maximum absolute atomic E-state index is 12.7. The fourth-order valence-electron chi connectivity index (χ4n) is 1.50. The molecule has 112 valence electrons. The minimum atomic E-state index is -4.81. The number of alkyl halides is 3. The van der Waals surface area contributed by atoms with Gasteiger partial charge in [0.15, 0.2) is 15.6 Å². The summed E-state index contributed by atoms with van der Waals surface area (Å²) in [5.41, 5.74) is -1.29. The summed E-state index contributed by atoms with van der Waals surface area (Å²) in [5, 5.41) is 0. The lowest BCUT2D eigenvalue weighted by atomic mass is 10.2. The van der Waals surface area contributed by atoms with Crippen molar-refractivity contribution in [3.05, 3.63) is 29.8 Å². The molecular formula is C12H13F3O4S. The topological polar surface area (TPSA) is 60.4 Å². The van der Waals surface area contributed by atoms with Gasteiger partial charge in [-0.25, -0.2) is 8.42 Å². The number of halogens is 3. The fraction of sp³-hybridized carbons (Fsp3) is 0.417. The summed E-state index contributed by atoms with van der Waals surface area (Å²) in [7, 11) is -4.41. The SMILES string of the molecule is CC(C)OC(=O)CS(=O)(=O)c1ccccc1C(F)(F)F. The van der Waals surface area contributed by atoms with Crippen molar-refractivity contribution in [2.45, 2.75) is 31.0 Å². The van der Waals surface area contributed by atoms with Crippen LogP contribution in [0.2, 0.25) is 0 Å². The van der Waals surface area contributed by atoms with E-state index >= 15 is 0 Å². The van der Waals surface area contributed by atoms with Crippen molar-refractivity contribution in [3.8, 4) is 0 Å². The number of hydrogen-bond donors (Lipinski definition) is 0. The molecule has 0 atom stereocenters. The third-order valence-corrected chi connectivity index (χ3v) is 3.84. The summed E-state index contributed by atoms with van der Waals surface area (Å²) in [4.78, 5) is 10.4. The summed E-state index contributed by atoms with van der Waals surface area (Å²) in [5.74, 6) is -2.21. The number of esters is 1. The van der Waals surface area contributed by atoms with Gasteiger partial charge in [0.1, 0.15) is 0 Å². The molecule has 0 aliphatic heterocycles. The normalized spacial score (nSPS) is 12.5. The lowest BCUT2D eigenvalue weighted by molar-refractivity contribution is -0.144. The van der Waals surface area contributed by atoms with Crippen LogP contribution < -0.4 is 0 Å². The zero-order valence-electron chi connectivity index (χ0n) is 10.8. The molecule has 8 heteroatoms. The average molecular weight is 310 g/mol. The Morgan fingerprint density at radius 2 is 1.80 bits per heavy atom. The predicted octanol–water partition coefficient (Wildman–Crippen LogP) is 2.43. The largest absolute Gasteiger partial charge is 0.462 e. The van der Waals surface area contributed by atoms with Gasteiger partial charge in [-0.15, -0.1) is 0 Å². The molecule has 0 saturated heterocycles. The van der Waals surface area contributed by atoms with Crippen molar-refractivity contribution >= 4 is 15.8 Å². The number of benzene rings is 1. The zero-order chi connectivity index (χ0) is 15.6. The molecule has 0 spiro atoms. The van der Waals surface area contributed by atoms with Crippen molar-refractivity contribution < 1.29 is 31.1 Å². The zero-order valence-corrected chi connectivity index (χ0v) is 11.6. The summed E-state index contributed by atoms with van der Waals surface area (Å²) in [6.45, 7) is 3.02. The van der Waals surface area contributed by atoms with Gasteiger partial charge in [-0.3, -0.25) is 4.79 Å². The van der Waals surface area contributed by atoms with E-state index in [0.717, 1.165) is 18.2 Å². The summed E-state index contributed by atoms with van der Waals surface area (Å²) >= 11 is 0. The molecule has 1 rings (SSSR count). The van der Waals surface area contributed by atoms with Crippen LogP contribution in [0.15, 0.2) is 29.2 Å². The Bertz CT molecular complexity index is 591. The van der Waals surface area contributed by atoms with Gasteiger partial charge < -0.3 is 4.74 Å². The molecule has 0 aromatic heterocycles. The lowest BCUT2D eigenvalue weighted by Gasteiger charge is -2.13. The van der Waals surface area contributed by atoms with Gasteiger partial charge in [-0.1, -0.05) is 12.1 Å². The van der Waals surface area contributed by atoms with E-state index in [2.05, 4.69) is 4.74 Å². The molecule has 0 radical (unpaired) electrons. The smallest absolute Gasteiger partial charge is 0.417 e. The van der Waals surface area contributed by atoms with E-state index in [1.54, 1.807) is 0 Å². The fourth-order valence-corrected chi connectivity index (χ4v) is 2.84. The van der Waals surface area contributed by atoms with E-state index in [0.29, 0.717) is 6.07 Å². The quantitative estimate of drug-likeness (QED) is 0.801. The van der Waals surface area contributed by atoms with Crippen molar-refractivity contribution in [1.82, 2.24) is 0 Å². The number of ether oxygens (including phenoxy) is 1. The molecule has 0 saturated carbocycles. The van der Waals surface area contributed by atoms with Gasteiger partial charge in [0, 0.05) is 0 Å². The first kappa shape index (κ1) is 16.5. The molecule has 0 aliphatic rings. The lowest BCUT2D eigenvalue weighted by Crippen LogP contribution is -2.23. The minimum absolute atomic E-state index is 0.546. The molecule has 0 N–H and O–H groups in total. The number of rotatable bonds is 4. The maximum atomic E-state index is 12.7. The highest BCUT2D eigenvalue weighted by Gasteiger charge is 2.37. The second kappa shape index (κ2) is 5.82. The van der Waals surface area contributed by atoms with Crippen LogP contribution in [0.25, 0.3) is 0 Å². The van der Waals surface area contributed by atoms with E-state index in [1.165, 1.54) is 13.8 Å². The van der Waals surface area contributed by atoms with Gasteiger partial charge >= 0.3 is 12.1 Å². The molecule has 20 heavy (non-hydrogen) atoms. The standard InChI is InChI=1S/C12H13F3O4S/c1-8(2)19-11(16)7-20(17,18)10-6-4-3-5-9(10)12(13,14)15/h3-6,8H,7H2,1-2H3. The second-order valence-electron chi connectivity index (χ2n) is 4.29. The van der Waals surface area contributed by atoms with Crippen LogP contribution in [0.3, 0.4) is 0 Å². The second-order valence-corrected chi connectivity index (χ2v) is 6.25. The number of carbonyl (C=O) groups is 1. The Labute approximate surface area is 114 Å². The van der Waals surface area contributed by atoms with Crippen molar-refractivity contribution in [1.29, 1.82) is 0 Å². The van der Waals surface area contributed by atoms with Crippen LogP contribution in [-0.2, 0) is 25.5 Å². The Hall–Kier alpha value is -1.57. The Morgan fingerprint density at radius 3 is 2.30 bits per heavy atom. The van der Waals surface area contributed by atoms with Gasteiger partial charge in [-0.05, 0) is 26.0 Å². The van der Waals surface area contributed by atoms with E-state index in [4.69, 9.17) is 0 Å². The highest BCUT2D eigenvalue weighted by Crippen LogP contribution is 2.34. The van der Waals surface area contributed by atoms with Crippen LogP contribution in [0, 0.1) is 0 Å². The third-order valence-electron chi connectivity index (χ3n) is 2.20. The van der Waals surface area contributed by atoms with E-state index in [-0.39, 0.29) is 0 Å². The van der Waals surface area contributed by atoms with Gasteiger partial charge in [0.25, 0.3) is 0 Å². The Morgan fingerprint density at radius 1 is 1.25 bits per heavy atom. The van der Waals surface area contributed by atoms with Crippen LogP contribution in [-0.4, -0.2) is 26.2 Å². The number of sulfone groups is 1. The minimum Gasteiger partial charge on any atom is -0.462 e. The molecule has 0 unspecified atom stereocenters. The van der Waals surface area contributed by atoms with Gasteiger partial charge in [-0.2, -0.15) is 13.2 Å². The van der Waals surface area contributed by atoms with Crippen LogP contribution in [0.1, 0.15) is 19.4 Å². The number of carbonyl (C=O) groups excluding carboxylic acids is 1. The summed E-state index contributed by atoms with van der Waals surface area (Å²) in [6.07, 6.45) is -5.36. The van der Waals surface area contributed by atoms with Crippen LogP contribution >= 0.6 is 0 Å². The molecule has 1 aromatic rings. The predicted molar refractivity (Wildman–Crippen MR) is 64.7 cm³/mol. The highest BCUT2D eigenvalue weighted by atomic mass is 32.2. The molecule has 0 fully saturated rings. The number of hydrogen-bond acceptors (Lipinski definition) is 4. The van der Waals surface area contributed by atoms with Crippen LogP contribution in [0.5, 0.6) is 0 Å². The van der Waals surface area contributed by atoms with Crippen LogP contribution in [0.4, 0.5) is 13.2 Å². The van der Waals surface area contributed by atoms with E-state index in [9.17, 15) is 26.4 Å². The summed E-state index contributed by atoms with van der Waals surface area (Å²) in [6, 6.07) is 3.71. The molecule has 0 amide bonds. The molecule has 0 bridgehead atoms.